The van der Waals surface area contributed by atoms with E-state index >= 15 is 0 Å². The maximum absolute atomic E-state index is 8.60. The van der Waals surface area contributed by atoms with Crippen LogP contribution in [0.4, 0.5) is 0 Å². The molecule has 0 saturated carbocycles. The van der Waals surface area contributed by atoms with Crippen LogP contribution >= 0.6 is 0 Å². The highest BCUT2D eigenvalue weighted by Gasteiger charge is 2.46. The molecule has 114 valence electrons. The second-order valence-electron chi connectivity index (χ2n) is 6.23. The van der Waals surface area contributed by atoms with Crippen LogP contribution in [0.15, 0.2) is 30.7 Å². The zero-order chi connectivity index (χ0) is 16.9. The molecular formula is C17H20N4O. The van der Waals surface area contributed by atoms with Crippen LogP contribution in [0.25, 0.3) is 10.9 Å². The van der Waals surface area contributed by atoms with Crippen molar-refractivity contribution >= 4 is 10.9 Å². The van der Waals surface area contributed by atoms with Crippen LogP contribution in [0.5, 0.6) is 6.01 Å². The van der Waals surface area contributed by atoms with Crippen LogP contribution < -0.4 is 4.74 Å². The second-order valence-corrected chi connectivity index (χ2v) is 6.23. The minimum absolute atomic E-state index is 0.0699. The first kappa shape index (κ1) is 11.5. The Bertz CT molecular complexity index is 825. The lowest BCUT2D eigenvalue weighted by molar-refractivity contribution is 0.108. The Morgan fingerprint density at radius 1 is 1.45 bits per heavy atom. The summed E-state index contributed by atoms with van der Waals surface area (Å²) in [6, 6.07) is 0.0699. The standard InChI is InChI=1S/C17H20N4O/c1-12-6-17(4-3-5-21(17)10-12)11-22-16-19-9-14-8-18-7-13(2)15(14)20-16/h7-9H,1,3-6,10-11H2,2H3/t17-/m0/s1/i11D2. The van der Waals surface area contributed by atoms with E-state index in [-0.39, 0.29) is 6.01 Å². The molecule has 22 heavy (non-hydrogen) atoms. The molecule has 0 spiro atoms. The van der Waals surface area contributed by atoms with Crippen LogP contribution in [0.3, 0.4) is 0 Å². The number of aryl methyl sites for hydroxylation is 1. The Labute approximate surface area is 132 Å². The van der Waals surface area contributed by atoms with E-state index in [1.54, 1.807) is 18.6 Å². The summed E-state index contributed by atoms with van der Waals surface area (Å²) in [6.45, 7) is 5.71. The first-order valence-electron chi connectivity index (χ1n) is 8.59. The summed E-state index contributed by atoms with van der Waals surface area (Å²) in [4.78, 5) is 14.9. The van der Waals surface area contributed by atoms with E-state index in [1.807, 2.05) is 6.92 Å². The molecule has 2 aliphatic heterocycles. The third kappa shape index (κ3) is 2.16. The van der Waals surface area contributed by atoms with E-state index in [1.165, 1.54) is 0 Å². The lowest BCUT2D eigenvalue weighted by atomic mass is 9.94. The maximum atomic E-state index is 8.60. The highest BCUT2D eigenvalue weighted by molar-refractivity contribution is 5.79. The Morgan fingerprint density at radius 2 is 2.36 bits per heavy atom. The van der Waals surface area contributed by atoms with E-state index in [9.17, 15) is 0 Å². The fourth-order valence-corrected chi connectivity index (χ4v) is 3.52. The molecule has 2 aromatic heterocycles. The van der Waals surface area contributed by atoms with E-state index in [4.69, 9.17) is 7.48 Å². The van der Waals surface area contributed by atoms with Gasteiger partial charge < -0.3 is 4.74 Å². The number of ether oxygens (including phenoxy) is 1. The van der Waals surface area contributed by atoms with Gasteiger partial charge in [-0.1, -0.05) is 12.2 Å². The molecule has 0 N–H and O–H groups in total. The molecule has 5 nitrogen and oxygen atoms in total. The normalized spacial score (nSPS) is 26.9. The van der Waals surface area contributed by atoms with Gasteiger partial charge in [-0.25, -0.2) is 4.98 Å². The lowest BCUT2D eigenvalue weighted by Crippen LogP contribution is -2.43. The highest BCUT2D eigenvalue weighted by atomic mass is 16.5. The van der Waals surface area contributed by atoms with Gasteiger partial charge in [-0.2, -0.15) is 4.98 Å². The van der Waals surface area contributed by atoms with Gasteiger partial charge >= 0.3 is 6.01 Å². The minimum Gasteiger partial charge on any atom is -0.461 e. The van der Waals surface area contributed by atoms with Gasteiger partial charge in [-0.15, -0.1) is 0 Å². The van der Waals surface area contributed by atoms with Crippen LogP contribution in [0, 0.1) is 6.92 Å². The number of rotatable bonds is 3. The molecule has 4 rings (SSSR count). The predicted octanol–water partition coefficient (Wildman–Crippen LogP) is 2.51. The van der Waals surface area contributed by atoms with E-state index in [0.717, 1.165) is 48.0 Å². The van der Waals surface area contributed by atoms with Gasteiger partial charge in [0, 0.05) is 30.5 Å². The van der Waals surface area contributed by atoms with Crippen molar-refractivity contribution in [2.75, 3.05) is 19.6 Å². The smallest absolute Gasteiger partial charge is 0.316 e. The summed E-state index contributed by atoms with van der Waals surface area (Å²) < 4.78 is 22.9. The van der Waals surface area contributed by atoms with Gasteiger partial charge in [0.05, 0.1) is 13.8 Å². The van der Waals surface area contributed by atoms with Crippen LogP contribution in [-0.4, -0.2) is 45.0 Å². The molecule has 0 unspecified atom stereocenters. The van der Waals surface area contributed by atoms with Crippen molar-refractivity contribution in [3.05, 3.63) is 36.3 Å². The van der Waals surface area contributed by atoms with Gasteiger partial charge in [0.25, 0.3) is 0 Å². The average Bonchev–Trinajstić information content (AvgIpc) is 3.05. The van der Waals surface area contributed by atoms with E-state index < -0.39 is 12.1 Å². The molecule has 2 fully saturated rings. The third-order valence-electron chi connectivity index (χ3n) is 4.56. The maximum Gasteiger partial charge on any atom is 0.316 e. The van der Waals surface area contributed by atoms with Crippen molar-refractivity contribution in [3.8, 4) is 6.01 Å². The Kier molecular flexibility index (Phi) is 2.63. The van der Waals surface area contributed by atoms with Gasteiger partial charge in [-0.3, -0.25) is 9.88 Å². The van der Waals surface area contributed by atoms with Crippen molar-refractivity contribution in [3.63, 3.8) is 0 Å². The van der Waals surface area contributed by atoms with Crippen molar-refractivity contribution in [1.82, 2.24) is 19.9 Å². The van der Waals surface area contributed by atoms with E-state index in [2.05, 4.69) is 26.4 Å². The number of fused-ring (bicyclic) bond motifs is 2. The molecule has 2 saturated heterocycles. The summed E-state index contributed by atoms with van der Waals surface area (Å²) in [5.74, 6) is 0. The molecule has 1 atom stereocenters. The Hall–Kier alpha value is -2.01. The molecule has 0 radical (unpaired) electrons. The summed E-state index contributed by atoms with van der Waals surface area (Å²) in [7, 11) is 0. The molecule has 0 aliphatic carbocycles. The Morgan fingerprint density at radius 3 is 3.27 bits per heavy atom. The second kappa shape index (κ2) is 5.02. The van der Waals surface area contributed by atoms with Gasteiger partial charge in [0.2, 0.25) is 0 Å². The van der Waals surface area contributed by atoms with Gasteiger partial charge in [0.15, 0.2) is 0 Å². The fourth-order valence-electron chi connectivity index (χ4n) is 3.52. The average molecular weight is 298 g/mol. The predicted molar refractivity (Wildman–Crippen MR) is 84.9 cm³/mol. The Balaban J connectivity index is 1.69. The van der Waals surface area contributed by atoms with Crippen molar-refractivity contribution in [2.24, 2.45) is 0 Å². The lowest BCUT2D eigenvalue weighted by Gasteiger charge is -2.30. The summed E-state index contributed by atoms with van der Waals surface area (Å²) in [5, 5.41) is 0.817. The van der Waals surface area contributed by atoms with Gasteiger partial charge in [-0.05, 0) is 38.3 Å². The molecular weight excluding hydrogens is 276 g/mol. The van der Waals surface area contributed by atoms with Crippen molar-refractivity contribution < 1.29 is 7.48 Å². The third-order valence-corrected chi connectivity index (χ3v) is 4.56. The molecule has 5 heteroatoms. The molecule has 0 aromatic carbocycles. The van der Waals surface area contributed by atoms with Crippen molar-refractivity contribution in [2.45, 2.75) is 31.7 Å². The van der Waals surface area contributed by atoms with Gasteiger partial charge in [0.1, 0.15) is 6.56 Å². The number of hydrogen-bond acceptors (Lipinski definition) is 5. The summed E-state index contributed by atoms with van der Waals surface area (Å²) >= 11 is 0. The van der Waals surface area contributed by atoms with Crippen LogP contribution in [0.1, 0.15) is 27.6 Å². The molecule has 0 amide bonds. The first-order chi connectivity index (χ1) is 11.4. The van der Waals surface area contributed by atoms with E-state index in [0.29, 0.717) is 6.42 Å². The van der Waals surface area contributed by atoms with Crippen LogP contribution in [-0.2, 0) is 0 Å². The number of nitrogens with zero attached hydrogens (tertiary/aromatic N) is 4. The molecule has 2 aliphatic rings. The molecule has 0 bridgehead atoms. The zero-order valence-electron chi connectivity index (χ0n) is 14.7. The minimum atomic E-state index is -1.88. The van der Waals surface area contributed by atoms with Crippen molar-refractivity contribution in [1.29, 1.82) is 0 Å². The fraction of sp³-hybridized carbons (Fsp3) is 0.471. The molecule has 4 heterocycles. The monoisotopic (exact) mass is 298 g/mol. The largest absolute Gasteiger partial charge is 0.461 e. The zero-order valence-corrected chi connectivity index (χ0v) is 12.7. The van der Waals surface area contributed by atoms with Crippen LogP contribution in [0.2, 0.25) is 0 Å². The summed E-state index contributed by atoms with van der Waals surface area (Å²) in [6.07, 6.45) is 7.40. The topological polar surface area (TPSA) is 51.1 Å². The number of aromatic nitrogens is 3. The quantitative estimate of drug-likeness (QED) is 0.815. The molecule has 2 aromatic rings. The number of hydrogen-bond donors (Lipinski definition) is 0. The highest BCUT2D eigenvalue weighted by Crippen LogP contribution is 2.40. The SMILES string of the molecule is [2H]C([2H])(Oc1ncc2cncc(C)c2n1)[C@@]12CCCN1CC(=C)C2. The number of pyridine rings is 1. The summed E-state index contributed by atoms with van der Waals surface area (Å²) in [5.41, 5.74) is 2.05. The first-order valence-corrected chi connectivity index (χ1v) is 7.59.